The monoisotopic (exact) mass is 288 g/mol. The maximum atomic E-state index is 9.33. The van der Waals surface area contributed by atoms with Gasteiger partial charge in [0.15, 0.2) is 0 Å². The maximum Gasteiger partial charge on any atom is 0.0766 e. The van der Waals surface area contributed by atoms with Crippen molar-refractivity contribution in [3.05, 3.63) is 15.9 Å². The van der Waals surface area contributed by atoms with Gasteiger partial charge in [0, 0.05) is 13.2 Å². The molecule has 92 valence electrons. The largest absolute Gasteiger partial charge is 0.396 e. The van der Waals surface area contributed by atoms with Crippen LogP contribution < -0.4 is 0 Å². The topological polar surface area (TPSA) is 38.0 Å². The SMILES string of the molecule is CCc1nn(CC)c(CC(C)(C)CO)c1Br. The first kappa shape index (κ1) is 13.7. The number of aliphatic hydroxyl groups is 1. The van der Waals surface area contributed by atoms with E-state index in [4.69, 9.17) is 0 Å². The summed E-state index contributed by atoms with van der Waals surface area (Å²) in [5.74, 6) is 0. The van der Waals surface area contributed by atoms with E-state index in [0.717, 1.165) is 29.6 Å². The summed E-state index contributed by atoms with van der Waals surface area (Å²) in [4.78, 5) is 0. The summed E-state index contributed by atoms with van der Waals surface area (Å²) in [5.41, 5.74) is 2.20. The number of halogens is 1. The van der Waals surface area contributed by atoms with Gasteiger partial charge < -0.3 is 5.11 Å². The molecule has 1 aromatic heterocycles. The van der Waals surface area contributed by atoms with Crippen LogP contribution in [0.2, 0.25) is 0 Å². The minimum atomic E-state index is -0.0967. The second kappa shape index (κ2) is 5.32. The first-order chi connectivity index (χ1) is 7.45. The predicted octanol–water partition coefficient (Wildman–Crippen LogP) is 2.79. The third-order valence-corrected chi connectivity index (χ3v) is 3.68. The molecule has 0 atom stereocenters. The van der Waals surface area contributed by atoms with E-state index in [1.807, 2.05) is 4.68 Å². The molecular weight excluding hydrogens is 268 g/mol. The highest BCUT2D eigenvalue weighted by atomic mass is 79.9. The van der Waals surface area contributed by atoms with Crippen molar-refractivity contribution in [1.29, 1.82) is 0 Å². The smallest absolute Gasteiger partial charge is 0.0766 e. The summed E-state index contributed by atoms with van der Waals surface area (Å²) in [7, 11) is 0. The molecule has 0 aliphatic rings. The molecule has 0 unspecified atom stereocenters. The summed E-state index contributed by atoms with van der Waals surface area (Å²) in [5, 5.41) is 13.9. The second-order valence-electron chi connectivity index (χ2n) is 4.88. The van der Waals surface area contributed by atoms with E-state index in [1.54, 1.807) is 0 Å². The average Bonchev–Trinajstić information content (AvgIpc) is 2.55. The van der Waals surface area contributed by atoms with E-state index >= 15 is 0 Å². The van der Waals surface area contributed by atoms with Crippen LogP contribution in [0.15, 0.2) is 4.47 Å². The fourth-order valence-electron chi connectivity index (χ4n) is 1.70. The van der Waals surface area contributed by atoms with E-state index in [1.165, 1.54) is 5.69 Å². The zero-order valence-electron chi connectivity index (χ0n) is 10.5. The molecule has 0 aliphatic heterocycles. The molecule has 0 fully saturated rings. The number of aliphatic hydroxyl groups excluding tert-OH is 1. The molecular formula is C12H21BrN2O. The molecule has 1 N–H and O–H groups in total. The summed E-state index contributed by atoms with van der Waals surface area (Å²) >= 11 is 3.62. The lowest BCUT2D eigenvalue weighted by atomic mass is 9.89. The number of aryl methyl sites for hydroxylation is 2. The van der Waals surface area contributed by atoms with Crippen molar-refractivity contribution < 1.29 is 5.11 Å². The lowest BCUT2D eigenvalue weighted by molar-refractivity contribution is 0.157. The third-order valence-electron chi connectivity index (χ3n) is 2.77. The Morgan fingerprint density at radius 2 is 2.00 bits per heavy atom. The van der Waals surface area contributed by atoms with Crippen LogP contribution in [-0.4, -0.2) is 21.5 Å². The Hall–Kier alpha value is -0.350. The summed E-state index contributed by atoms with van der Waals surface area (Å²) in [6.07, 6.45) is 1.77. The van der Waals surface area contributed by atoms with Gasteiger partial charge >= 0.3 is 0 Å². The van der Waals surface area contributed by atoms with Crippen molar-refractivity contribution in [1.82, 2.24) is 9.78 Å². The fraction of sp³-hybridized carbons (Fsp3) is 0.750. The molecule has 0 aliphatic carbocycles. The van der Waals surface area contributed by atoms with Gasteiger partial charge in [-0.15, -0.1) is 0 Å². The number of rotatable bonds is 5. The molecule has 0 aromatic carbocycles. The van der Waals surface area contributed by atoms with Gasteiger partial charge in [0.25, 0.3) is 0 Å². The molecule has 0 amide bonds. The van der Waals surface area contributed by atoms with Crippen LogP contribution in [-0.2, 0) is 19.4 Å². The Kier molecular flexibility index (Phi) is 4.56. The van der Waals surface area contributed by atoms with Crippen molar-refractivity contribution in [2.45, 2.75) is 47.1 Å². The van der Waals surface area contributed by atoms with Crippen molar-refractivity contribution in [2.75, 3.05) is 6.61 Å². The van der Waals surface area contributed by atoms with Gasteiger partial charge in [-0.1, -0.05) is 20.8 Å². The first-order valence-corrected chi connectivity index (χ1v) is 6.59. The zero-order valence-corrected chi connectivity index (χ0v) is 12.1. The molecule has 16 heavy (non-hydrogen) atoms. The van der Waals surface area contributed by atoms with Crippen molar-refractivity contribution in [2.24, 2.45) is 5.41 Å². The molecule has 0 bridgehead atoms. The average molecular weight is 289 g/mol. The third kappa shape index (κ3) is 2.86. The molecule has 0 spiro atoms. The van der Waals surface area contributed by atoms with Gasteiger partial charge in [0.1, 0.15) is 0 Å². The maximum absolute atomic E-state index is 9.33. The highest BCUT2D eigenvalue weighted by Crippen LogP contribution is 2.29. The van der Waals surface area contributed by atoms with E-state index in [0.29, 0.717) is 0 Å². The molecule has 1 aromatic rings. The van der Waals surface area contributed by atoms with Crippen molar-refractivity contribution in [3.8, 4) is 0 Å². The fourth-order valence-corrected chi connectivity index (χ4v) is 2.40. The van der Waals surface area contributed by atoms with Crippen LogP contribution in [0.5, 0.6) is 0 Å². The van der Waals surface area contributed by atoms with Crippen LogP contribution in [0, 0.1) is 5.41 Å². The molecule has 1 rings (SSSR count). The minimum Gasteiger partial charge on any atom is -0.396 e. The van der Waals surface area contributed by atoms with Crippen LogP contribution in [0.1, 0.15) is 39.1 Å². The van der Waals surface area contributed by atoms with E-state index in [-0.39, 0.29) is 12.0 Å². The zero-order chi connectivity index (χ0) is 12.3. The second-order valence-corrected chi connectivity index (χ2v) is 5.67. The normalized spacial score (nSPS) is 12.1. The molecule has 4 heteroatoms. The lowest BCUT2D eigenvalue weighted by Crippen LogP contribution is -2.22. The van der Waals surface area contributed by atoms with Gasteiger partial charge in [-0.25, -0.2) is 0 Å². The highest BCUT2D eigenvalue weighted by Gasteiger charge is 2.23. The summed E-state index contributed by atoms with van der Waals surface area (Å²) in [6.45, 7) is 9.39. The van der Waals surface area contributed by atoms with Crippen LogP contribution >= 0.6 is 15.9 Å². The highest BCUT2D eigenvalue weighted by molar-refractivity contribution is 9.10. The van der Waals surface area contributed by atoms with Crippen molar-refractivity contribution >= 4 is 15.9 Å². The van der Waals surface area contributed by atoms with E-state index in [2.05, 4.69) is 48.7 Å². The standard InChI is InChI=1S/C12H21BrN2O/c1-5-9-11(13)10(15(6-2)14-9)7-12(3,4)8-16/h16H,5-8H2,1-4H3. The minimum absolute atomic E-state index is 0.0967. The van der Waals surface area contributed by atoms with Gasteiger partial charge in [-0.05, 0) is 41.1 Å². The van der Waals surface area contributed by atoms with Gasteiger partial charge in [-0.3, -0.25) is 4.68 Å². The van der Waals surface area contributed by atoms with Gasteiger partial charge in [0.2, 0.25) is 0 Å². The lowest BCUT2D eigenvalue weighted by Gasteiger charge is -2.22. The summed E-state index contributed by atoms with van der Waals surface area (Å²) < 4.78 is 3.14. The quantitative estimate of drug-likeness (QED) is 0.905. The number of aromatic nitrogens is 2. The van der Waals surface area contributed by atoms with Gasteiger partial charge in [0.05, 0.1) is 15.9 Å². The van der Waals surface area contributed by atoms with Gasteiger partial charge in [-0.2, -0.15) is 5.10 Å². The summed E-state index contributed by atoms with van der Waals surface area (Å²) in [6, 6.07) is 0. The predicted molar refractivity (Wildman–Crippen MR) is 69.5 cm³/mol. The van der Waals surface area contributed by atoms with Crippen LogP contribution in [0.3, 0.4) is 0 Å². The van der Waals surface area contributed by atoms with Crippen LogP contribution in [0.4, 0.5) is 0 Å². The Morgan fingerprint density at radius 3 is 2.44 bits per heavy atom. The van der Waals surface area contributed by atoms with E-state index < -0.39 is 0 Å². The number of hydrogen-bond acceptors (Lipinski definition) is 2. The van der Waals surface area contributed by atoms with Crippen molar-refractivity contribution in [3.63, 3.8) is 0 Å². The molecule has 0 saturated carbocycles. The molecule has 1 heterocycles. The first-order valence-electron chi connectivity index (χ1n) is 5.80. The Morgan fingerprint density at radius 1 is 1.38 bits per heavy atom. The number of nitrogens with zero attached hydrogens (tertiary/aromatic N) is 2. The molecule has 0 saturated heterocycles. The van der Waals surface area contributed by atoms with E-state index in [9.17, 15) is 5.11 Å². The molecule has 0 radical (unpaired) electrons. The molecule has 3 nitrogen and oxygen atoms in total. The Bertz CT molecular complexity index is 358. The van der Waals surface area contributed by atoms with Crippen LogP contribution in [0.25, 0.3) is 0 Å². The number of hydrogen-bond donors (Lipinski definition) is 1. The Balaban J connectivity index is 3.06. The Labute approximate surface area is 106 Å².